The molecule has 0 radical (unpaired) electrons. The van der Waals surface area contributed by atoms with Crippen LogP contribution >= 0.6 is 0 Å². The van der Waals surface area contributed by atoms with Crippen molar-refractivity contribution in [3.05, 3.63) is 195 Å². The quantitative estimate of drug-likeness (QED) is 0.172. The number of para-hydroxylation sites is 1. The van der Waals surface area contributed by atoms with Gasteiger partial charge in [-0.25, -0.2) is 0 Å². The molecule has 0 N–H and O–H groups in total. The molecule has 0 aliphatic carbocycles. The summed E-state index contributed by atoms with van der Waals surface area (Å²) in [4.78, 5) is 8.98. The molecule has 10 aromatic rings. The van der Waals surface area contributed by atoms with Crippen molar-refractivity contribution < 1.29 is 0 Å². The molecular weight excluding hydrogens is 629 g/mol. The Kier molecular flexibility index (Phi) is 7.18. The maximum atomic E-state index is 4.72. The first-order valence-electron chi connectivity index (χ1n) is 17.7. The van der Waals surface area contributed by atoms with E-state index >= 15 is 0 Å². The van der Waals surface area contributed by atoms with Crippen molar-refractivity contribution in [2.75, 3.05) is 0 Å². The van der Waals surface area contributed by atoms with E-state index in [-0.39, 0.29) is 0 Å². The summed E-state index contributed by atoms with van der Waals surface area (Å²) in [7, 11) is 0. The normalized spacial score (nSPS) is 11.5. The number of fused-ring (bicyclic) bond motifs is 4. The zero-order chi connectivity index (χ0) is 34.4. The van der Waals surface area contributed by atoms with Crippen molar-refractivity contribution in [3.8, 4) is 55.6 Å². The number of nitrogens with zero attached hydrogens (tertiary/aromatic N) is 2. The van der Waals surface area contributed by atoms with Gasteiger partial charge in [0.15, 0.2) is 0 Å². The minimum absolute atomic E-state index is 1.01. The molecule has 2 heterocycles. The van der Waals surface area contributed by atoms with E-state index in [2.05, 4.69) is 175 Å². The van der Waals surface area contributed by atoms with E-state index in [0.29, 0.717) is 0 Å². The van der Waals surface area contributed by atoms with Gasteiger partial charge in [-0.05, 0) is 113 Å². The Hall–Kier alpha value is -6.90. The number of hydrogen-bond donors (Lipinski definition) is 0. The number of aromatic nitrogens is 2. The molecule has 0 atom stereocenters. The summed E-state index contributed by atoms with van der Waals surface area (Å²) in [5.41, 5.74) is 13.0. The topological polar surface area (TPSA) is 25.8 Å². The molecule has 0 aliphatic rings. The Labute approximate surface area is 302 Å². The van der Waals surface area contributed by atoms with Gasteiger partial charge in [0.2, 0.25) is 0 Å². The van der Waals surface area contributed by atoms with Crippen LogP contribution in [-0.4, -0.2) is 9.97 Å². The summed E-state index contributed by atoms with van der Waals surface area (Å²) in [6.07, 6.45) is 5.70. The SMILES string of the molecule is c1ccc(-c2ccc(-c3c4ccccc4c(-c4ccc(-c5cnc6ccccc6c5)cc4)c4ccccc34)c3ccc(-c4ccncc4)cc23)cc1. The number of hydrogen-bond acceptors (Lipinski definition) is 2. The van der Waals surface area contributed by atoms with Gasteiger partial charge < -0.3 is 0 Å². The lowest BCUT2D eigenvalue weighted by molar-refractivity contribution is 1.33. The molecule has 0 amide bonds. The predicted molar refractivity (Wildman–Crippen MR) is 219 cm³/mol. The summed E-state index contributed by atoms with van der Waals surface area (Å²) < 4.78 is 0. The fourth-order valence-corrected chi connectivity index (χ4v) is 7.95. The van der Waals surface area contributed by atoms with Crippen LogP contribution in [0.25, 0.3) is 98.9 Å². The van der Waals surface area contributed by atoms with Crippen LogP contribution in [0.15, 0.2) is 195 Å². The standard InChI is InChI=1S/C50H32N2/c1-2-10-35(11-3-1)40-24-25-46(41-23-22-37(31-47(40)41)34-26-28-51-29-27-34)50-44-15-7-5-13-42(44)49(43-14-6-8-16-45(43)50)36-20-18-33(19-21-36)39-30-38-12-4-9-17-48(38)52-32-39/h1-32H. The van der Waals surface area contributed by atoms with Gasteiger partial charge in [0.1, 0.15) is 0 Å². The van der Waals surface area contributed by atoms with E-state index in [0.717, 1.165) is 27.6 Å². The van der Waals surface area contributed by atoms with Gasteiger partial charge in [0.25, 0.3) is 0 Å². The molecule has 0 spiro atoms. The van der Waals surface area contributed by atoms with Crippen molar-refractivity contribution in [1.29, 1.82) is 0 Å². The third kappa shape index (κ3) is 5.04. The molecule has 0 fully saturated rings. The Morgan fingerprint density at radius 1 is 0.308 bits per heavy atom. The van der Waals surface area contributed by atoms with E-state index in [1.807, 2.05) is 24.7 Å². The summed E-state index contributed by atoms with van der Waals surface area (Å²) >= 11 is 0. The average Bonchev–Trinajstić information content (AvgIpc) is 3.23. The second kappa shape index (κ2) is 12.5. The van der Waals surface area contributed by atoms with Gasteiger partial charge in [-0.15, -0.1) is 0 Å². The van der Waals surface area contributed by atoms with Crippen molar-refractivity contribution in [2.24, 2.45) is 0 Å². The second-order valence-corrected chi connectivity index (χ2v) is 13.4. The first-order chi connectivity index (χ1) is 25.8. The molecule has 52 heavy (non-hydrogen) atoms. The molecule has 0 unspecified atom stereocenters. The van der Waals surface area contributed by atoms with Crippen LogP contribution in [0, 0.1) is 0 Å². The van der Waals surface area contributed by atoms with E-state index in [1.54, 1.807) is 0 Å². The van der Waals surface area contributed by atoms with Gasteiger partial charge in [0, 0.05) is 29.5 Å². The zero-order valence-corrected chi connectivity index (χ0v) is 28.4. The number of pyridine rings is 2. The smallest absolute Gasteiger partial charge is 0.0702 e. The fraction of sp³-hybridized carbons (Fsp3) is 0. The third-order valence-corrected chi connectivity index (χ3v) is 10.4. The highest BCUT2D eigenvalue weighted by atomic mass is 14.6. The van der Waals surface area contributed by atoms with Crippen molar-refractivity contribution in [3.63, 3.8) is 0 Å². The molecule has 2 aromatic heterocycles. The van der Waals surface area contributed by atoms with Crippen molar-refractivity contribution in [1.82, 2.24) is 9.97 Å². The maximum Gasteiger partial charge on any atom is 0.0702 e. The van der Waals surface area contributed by atoms with E-state index in [1.165, 1.54) is 71.3 Å². The molecular formula is C50H32N2. The van der Waals surface area contributed by atoms with Crippen LogP contribution in [0.4, 0.5) is 0 Å². The lowest BCUT2D eigenvalue weighted by atomic mass is 9.83. The van der Waals surface area contributed by atoms with E-state index in [9.17, 15) is 0 Å². The van der Waals surface area contributed by atoms with Crippen molar-refractivity contribution >= 4 is 43.2 Å². The second-order valence-electron chi connectivity index (χ2n) is 13.4. The molecule has 0 bridgehead atoms. The number of benzene rings is 8. The van der Waals surface area contributed by atoms with Gasteiger partial charge in [-0.1, -0.05) is 146 Å². The molecule has 2 heteroatoms. The van der Waals surface area contributed by atoms with Gasteiger partial charge in [-0.2, -0.15) is 0 Å². The minimum atomic E-state index is 1.01. The molecule has 0 aliphatic heterocycles. The van der Waals surface area contributed by atoms with E-state index < -0.39 is 0 Å². The molecule has 10 rings (SSSR count). The van der Waals surface area contributed by atoms with Crippen LogP contribution < -0.4 is 0 Å². The first kappa shape index (κ1) is 30.0. The van der Waals surface area contributed by atoms with Crippen LogP contribution in [0.2, 0.25) is 0 Å². The van der Waals surface area contributed by atoms with Crippen LogP contribution in [0.3, 0.4) is 0 Å². The highest BCUT2D eigenvalue weighted by Crippen LogP contribution is 2.47. The van der Waals surface area contributed by atoms with Crippen LogP contribution in [0.5, 0.6) is 0 Å². The first-order valence-corrected chi connectivity index (χ1v) is 17.7. The number of rotatable bonds is 5. The van der Waals surface area contributed by atoms with Gasteiger partial charge in [0.05, 0.1) is 5.52 Å². The molecule has 242 valence electrons. The summed E-state index contributed by atoms with van der Waals surface area (Å²) in [6, 6.07) is 63.7. The lowest BCUT2D eigenvalue weighted by Crippen LogP contribution is -1.93. The van der Waals surface area contributed by atoms with Crippen molar-refractivity contribution in [2.45, 2.75) is 0 Å². The third-order valence-electron chi connectivity index (χ3n) is 10.4. The van der Waals surface area contributed by atoms with E-state index in [4.69, 9.17) is 4.98 Å². The molecule has 0 saturated carbocycles. The van der Waals surface area contributed by atoms with Crippen LogP contribution in [0.1, 0.15) is 0 Å². The van der Waals surface area contributed by atoms with Gasteiger partial charge in [-0.3, -0.25) is 9.97 Å². The fourth-order valence-electron chi connectivity index (χ4n) is 7.95. The maximum absolute atomic E-state index is 4.72. The Morgan fingerprint density at radius 3 is 1.62 bits per heavy atom. The Morgan fingerprint density at radius 2 is 0.885 bits per heavy atom. The highest BCUT2D eigenvalue weighted by Gasteiger charge is 2.19. The highest BCUT2D eigenvalue weighted by molar-refractivity contribution is 6.24. The lowest BCUT2D eigenvalue weighted by Gasteiger charge is -2.20. The average molecular weight is 661 g/mol. The summed E-state index contributed by atoms with van der Waals surface area (Å²) in [6.45, 7) is 0. The Balaban J connectivity index is 1.19. The predicted octanol–water partition coefficient (Wildman–Crippen LogP) is 13.4. The molecule has 2 nitrogen and oxygen atoms in total. The minimum Gasteiger partial charge on any atom is -0.265 e. The summed E-state index contributed by atoms with van der Waals surface area (Å²) in [5, 5.41) is 8.58. The summed E-state index contributed by atoms with van der Waals surface area (Å²) in [5.74, 6) is 0. The molecule has 0 saturated heterocycles. The zero-order valence-electron chi connectivity index (χ0n) is 28.4. The Bertz CT molecular complexity index is 2870. The monoisotopic (exact) mass is 660 g/mol. The largest absolute Gasteiger partial charge is 0.265 e. The van der Waals surface area contributed by atoms with Gasteiger partial charge >= 0.3 is 0 Å². The molecule has 8 aromatic carbocycles. The van der Waals surface area contributed by atoms with Crippen LogP contribution in [-0.2, 0) is 0 Å².